The zero-order chi connectivity index (χ0) is 19.0. The molecule has 0 nitrogen and oxygen atoms in total. The molecule has 0 saturated heterocycles. The fourth-order valence-electron chi connectivity index (χ4n) is 4.44. The van der Waals surface area contributed by atoms with Gasteiger partial charge in [0.1, 0.15) is 0 Å². The van der Waals surface area contributed by atoms with Crippen LogP contribution in [0.3, 0.4) is 0 Å². The van der Waals surface area contributed by atoms with Crippen LogP contribution in [0, 0.1) is 41.5 Å². The average Bonchev–Trinajstić information content (AvgIpc) is 2.51. The van der Waals surface area contributed by atoms with Crippen molar-refractivity contribution in [2.75, 3.05) is 6.16 Å². The molecular weight excluding hydrogens is 350 g/mol. The van der Waals surface area contributed by atoms with E-state index in [9.17, 15) is 0 Å². The molecule has 0 N–H and O–H groups in total. The zero-order valence-electron chi connectivity index (χ0n) is 17.4. The first kappa shape index (κ1) is 19.8. The fourth-order valence-corrected chi connectivity index (χ4v) is 10.7. The second kappa shape index (κ2) is 7.96. The fraction of sp³-hybridized carbons (Fsp3) is 0.458. The van der Waals surface area contributed by atoms with E-state index in [4.69, 9.17) is 0 Å². The van der Waals surface area contributed by atoms with Gasteiger partial charge in [-0.3, -0.25) is 0 Å². The minimum Gasteiger partial charge on any atom is -0.0820 e. The van der Waals surface area contributed by atoms with E-state index in [1.165, 1.54) is 52.4 Å². The molecule has 3 rings (SSSR count). The normalized spacial score (nSPS) is 19.9. The van der Waals surface area contributed by atoms with E-state index in [1.807, 2.05) is 0 Å². The third-order valence-corrected chi connectivity index (χ3v) is 11.1. The highest BCUT2D eigenvalue weighted by Gasteiger charge is 2.37. The summed E-state index contributed by atoms with van der Waals surface area (Å²) < 4.78 is 0. The lowest BCUT2D eigenvalue weighted by Gasteiger charge is -2.39. The molecule has 0 spiro atoms. The highest BCUT2D eigenvalue weighted by molar-refractivity contribution is 7.98. The number of unbranched alkanes of at least 4 members (excludes halogenated alkanes) is 1. The summed E-state index contributed by atoms with van der Waals surface area (Å²) in [4.78, 5) is 0. The lowest BCUT2D eigenvalue weighted by atomic mass is 10.0. The molecule has 26 heavy (non-hydrogen) atoms. The standard InChI is InChI=1S/C24H32P2/c1-8-9-10-26-23(21-17(4)11-15(2)12-18(21)5)25-24(26)22-19(6)13-16(3)14-20(22)7/h11-14,23H,8-10H2,1-7H3. The van der Waals surface area contributed by atoms with Gasteiger partial charge in [0.15, 0.2) is 0 Å². The smallest absolute Gasteiger partial charge is 0.0514 e. The first-order valence-electron chi connectivity index (χ1n) is 9.84. The maximum Gasteiger partial charge on any atom is 0.0514 e. The first-order chi connectivity index (χ1) is 12.3. The Balaban J connectivity index is 2.07. The Morgan fingerprint density at radius 3 is 1.81 bits per heavy atom. The van der Waals surface area contributed by atoms with Crippen LogP contribution in [0.25, 0.3) is 0 Å². The first-order valence-corrected chi connectivity index (χ1v) is 12.4. The van der Waals surface area contributed by atoms with Crippen molar-refractivity contribution in [3.63, 3.8) is 0 Å². The lowest BCUT2D eigenvalue weighted by molar-refractivity contribution is 0.890. The molecule has 1 aliphatic heterocycles. The third-order valence-electron chi connectivity index (χ3n) is 5.46. The molecule has 138 valence electrons. The van der Waals surface area contributed by atoms with Crippen molar-refractivity contribution in [1.82, 2.24) is 0 Å². The van der Waals surface area contributed by atoms with Crippen LogP contribution in [0.2, 0.25) is 0 Å². The number of hydrogen-bond acceptors (Lipinski definition) is 0. The second-order valence-corrected chi connectivity index (χ2v) is 12.3. The summed E-state index contributed by atoms with van der Waals surface area (Å²) in [7, 11) is 1.50. The van der Waals surface area contributed by atoms with Crippen LogP contribution < -0.4 is 0 Å². The van der Waals surface area contributed by atoms with E-state index >= 15 is 0 Å². The Hall–Kier alpha value is -0.960. The maximum absolute atomic E-state index is 2.38. The van der Waals surface area contributed by atoms with Crippen molar-refractivity contribution in [1.29, 1.82) is 0 Å². The van der Waals surface area contributed by atoms with Gasteiger partial charge in [-0.25, -0.2) is 0 Å². The van der Waals surface area contributed by atoms with Crippen molar-refractivity contribution >= 4 is 21.2 Å². The average molecular weight is 382 g/mol. The van der Waals surface area contributed by atoms with E-state index in [0.717, 1.165) is 5.40 Å². The Bertz CT molecular complexity index is 814. The Kier molecular flexibility index (Phi) is 6.06. The van der Waals surface area contributed by atoms with Crippen LogP contribution in [0.15, 0.2) is 24.3 Å². The van der Waals surface area contributed by atoms with Crippen molar-refractivity contribution in [3.8, 4) is 0 Å². The summed E-state index contributed by atoms with van der Waals surface area (Å²) in [5.74, 6) is 0. The molecule has 2 aromatic carbocycles. The van der Waals surface area contributed by atoms with Gasteiger partial charge in [-0.1, -0.05) is 64.9 Å². The summed E-state index contributed by atoms with van der Waals surface area (Å²) in [6.07, 6.45) is 4.04. The molecule has 2 heteroatoms. The van der Waals surface area contributed by atoms with Gasteiger partial charge in [-0.15, -0.1) is 0 Å². The van der Waals surface area contributed by atoms with Crippen molar-refractivity contribution in [3.05, 3.63) is 68.8 Å². The molecule has 0 aliphatic carbocycles. The molecule has 2 unspecified atom stereocenters. The third kappa shape index (κ3) is 3.69. The highest BCUT2D eigenvalue weighted by Crippen LogP contribution is 2.71. The summed E-state index contributed by atoms with van der Waals surface area (Å²) in [6.45, 7) is 16.0. The molecule has 0 fully saturated rings. The Labute approximate surface area is 163 Å². The molecule has 1 heterocycles. The van der Waals surface area contributed by atoms with Crippen LogP contribution >= 0.6 is 16.1 Å². The minimum absolute atomic E-state index is 0.0629. The van der Waals surface area contributed by atoms with Crippen molar-refractivity contribution in [2.24, 2.45) is 0 Å². The molecule has 0 aromatic heterocycles. The lowest BCUT2D eigenvalue weighted by Crippen LogP contribution is -2.16. The van der Waals surface area contributed by atoms with Crippen molar-refractivity contribution < 1.29 is 0 Å². The molecule has 0 bridgehead atoms. The molecule has 1 aliphatic rings. The van der Waals surface area contributed by atoms with Crippen LogP contribution in [-0.2, 0) is 0 Å². The molecule has 0 radical (unpaired) electrons. The molecule has 0 amide bonds. The second-order valence-electron chi connectivity index (χ2n) is 7.96. The quantitative estimate of drug-likeness (QED) is 0.460. The van der Waals surface area contributed by atoms with Crippen LogP contribution in [0.4, 0.5) is 0 Å². The molecule has 2 aromatic rings. The van der Waals surface area contributed by atoms with Crippen molar-refractivity contribution in [2.45, 2.75) is 66.7 Å². The maximum atomic E-state index is 2.38. The predicted octanol–water partition coefficient (Wildman–Crippen LogP) is 7.96. The van der Waals surface area contributed by atoms with Gasteiger partial charge in [0.2, 0.25) is 0 Å². The van der Waals surface area contributed by atoms with E-state index in [1.54, 1.807) is 24.4 Å². The number of hydrogen-bond donors (Lipinski definition) is 0. The van der Waals surface area contributed by atoms with Crippen LogP contribution in [0.1, 0.15) is 69.7 Å². The van der Waals surface area contributed by atoms with Gasteiger partial charge in [0.05, 0.1) is 5.40 Å². The van der Waals surface area contributed by atoms with Crippen LogP contribution in [-0.4, -0.2) is 11.2 Å². The molecular formula is C24H32P2. The predicted molar refractivity (Wildman–Crippen MR) is 122 cm³/mol. The van der Waals surface area contributed by atoms with Gasteiger partial charge in [0.25, 0.3) is 0 Å². The number of benzene rings is 2. The highest BCUT2D eigenvalue weighted by atomic mass is 31.2. The van der Waals surface area contributed by atoms with Gasteiger partial charge >= 0.3 is 0 Å². The van der Waals surface area contributed by atoms with Crippen LogP contribution in [0.5, 0.6) is 0 Å². The van der Waals surface area contributed by atoms with E-state index in [-0.39, 0.29) is 7.92 Å². The van der Waals surface area contributed by atoms with E-state index < -0.39 is 0 Å². The Morgan fingerprint density at radius 2 is 1.31 bits per heavy atom. The minimum atomic E-state index is -0.0629. The van der Waals surface area contributed by atoms with Gasteiger partial charge in [0, 0.05) is 5.03 Å². The SMILES string of the molecule is CCCCP1C(c2c(C)cc(C)cc2C)=PC1c1c(C)cc(C)cc1C. The summed E-state index contributed by atoms with van der Waals surface area (Å²) in [5.41, 5.74) is 12.0. The zero-order valence-corrected chi connectivity index (χ0v) is 19.2. The topological polar surface area (TPSA) is 0 Å². The van der Waals surface area contributed by atoms with Gasteiger partial charge < -0.3 is 0 Å². The summed E-state index contributed by atoms with van der Waals surface area (Å²) in [5, 5.41) is 2.50. The number of aryl methyl sites for hydroxylation is 6. The number of rotatable bonds is 5. The summed E-state index contributed by atoms with van der Waals surface area (Å²) >= 11 is 0. The van der Waals surface area contributed by atoms with Gasteiger partial charge in [-0.2, -0.15) is 0 Å². The largest absolute Gasteiger partial charge is 0.0820 e. The molecule has 2 atom stereocenters. The van der Waals surface area contributed by atoms with E-state index in [2.05, 4.69) is 72.7 Å². The molecule has 0 saturated carbocycles. The van der Waals surface area contributed by atoms with Gasteiger partial charge in [-0.05, 0) is 87.5 Å². The monoisotopic (exact) mass is 382 g/mol. The van der Waals surface area contributed by atoms with E-state index in [0.29, 0.717) is 0 Å². The Morgan fingerprint density at radius 1 is 0.808 bits per heavy atom. The summed E-state index contributed by atoms with van der Waals surface area (Å²) in [6, 6.07) is 9.50.